The molecule has 0 saturated heterocycles. The Labute approximate surface area is 115 Å². The van der Waals surface area contributed by atoms with Gasteiger partial charge in [-0.25, -0.2) is 9.97 Å². The minimum absolute atomic E-state index is 0.284. The number of nitrogens with one attached hydrogen (secondary N) is 1. The summed E-state index contributed by atoms with van der Waals surface area (Å²) in [5.41, 5.74) is 1.95. The van der Waals surface area contributed by atoms with E-state index in [1.165, 1.54) is 18.6 Å². The van der Waals surface area contributed by atoms with Gasteiger partial charge in [-0.2, -0.15) is 0 Å². The molecule has 2 heterocycles. The van der Waals surface area contributed by atoms with E-state index in [-0.39, 0.29) is 11.6 Å². The molecule has 6 heteroatoms. The monoisotopic (exact) mass is 265 g/mol. The highest BCUT2D eigenvalue weighted by molar-refractivity contribution is 6.02. The van der Waals surface area contributed by atoms with Crippen LogP contribution >= 0.6 is 0 Å². The highest BCUT2D eigenvalue weighted by atomic mass is 16.1. The van der Waals surface area contributed by atoms with Crippen molar-refractivity contribution >= 4 is 11.6 Å². The van der Waals surface area contributed by atoms with Gasteiger partial charge in [0.05, 0.1) is 12.5 Å². The average molecular weight is 265 g/mol. The van der Waals surface area contributed by atoms with Crippen molar-refractivity contribution in [2.75, 3.05) is 5.32 Å². The van der Waals surface area contributed by atoms with Gasteiger partial charge in [-0.15, -0.1) is 0 Å². The number of carbonyl (C=O) groups excluding carboxylic acids is 1. The van der Waals surface area contributed by atoms with E-state index in [0.717, 1.165) is 5.69 Å². The van der Waals surface area contributed by atoms with Crippen LogP contribution in [0.25, 0.3) is 5.69 Å². The highest BCUT2D eigenvalue weighted by Gasteiger charge is 2.07. The van der Waals surface area contributed by atoms with E-state index in [1.807, 2.05) is 35.0 Å². The Kier molecular flexibility index (Phi) is 3.20. The fraction of sp³-hybridized carbons (Fsp3) is 0. The van der Waals surface area contributed by atoms with Gasteiger partial charge in [-0.05, 0) is 24.3 Å². The van der Waals surface area contributed by atoms with E-state index >= 15 is 0 Å². The lowest BCUT2D eigenvalue weighted by molar-refractivity contribution is 0.102. The number of hydrogen-bond acceptors (Lipinski definition) is 4. The zero-order chi connectivity index (χ0) is 13.8. The van der Waals surface area contributed by atoms with E-state index in [9.17, 15) is 4.79 Å². The molecule has 0 aliphatic rings. The second-order valence-electron chi connectivity index (χ2n) is 4.06. The molecule has 20 heavy (non-hydrogen) atoms. The lowest BCUT2D eigenvalue weighted by Crippen LogP contribution is -2.13. The highest BCUT2D eigenvalue weighted by Crippen LogP contribution is 2.13. The molecule has 1 amide bonds. The Bertz CT molecular complexity index is 692. The number of imidazole rings is 1. The predicted molar refractivity (Wildman–Crippen MR) is 73.5 cm³/mol. The van der Waals surface area contributed by atoms with Crippen LogP contribution in [0.1, 0.15) is 10.5 Å². The molecule has 6 nitrogen and oxygen atoms in total. The third kappa shape index (κ3) is 2.54. The summed E-state index contributed by atoms with van der Waals surface area (Å²) in [4.78, 5) is 23.7. The van der Waals surface area contributed by atoms with Crippen LogP contribution in [0.15, 0.2) is 61.6 Å². The molecule has 1 N–H and O–H groups in total. The number of rotatable bonds is 3. The molecular formula is C14H11N5O. The van der Waals surface area contributed by atoms with Crippen molar-refractivity contribution in [3.63, 3.8) is 0 Å². The second-order valence-corrected chi connectivity index (χ2v) is 4.06. The number of hydrogen-bond donors (Lipinski definition) is 1. The van der Waals surface area contributed by atoms with Gasteiger partial charge in [0.15, 0.2) is 0 Å². The topological polar surface area (TPSA) is 72.7 Å². The molecule has 2 aromatic heterocycles. The van der Waals surface area contributed by atoms with Crippen molar-refractivity contribution in [1.29, 1.82) is 0 Å². The van der Waals surface area contributed by atoms with Gasteiger partial charge in [-0.3, -0.25) is 9.78 Å². The Morgan fingerprint density at radius 3 is 2.55 bits per heavy atom. The van der Waals surface area contributed by atoms with Crippen molar-refractivity contribution in [1.82, 2.24) is 19.5 Å². The summed E-state index contributed by atoms with van der Waals surface area (Å²) in [7, 11) is 0. The third-order valence-corrected chi connectivity index (χ3v) is 2.72. The number of anilines is 1. The molecule has 3 aromatic rings. The fourth-order valence-electron chi connectivity index (χ4n) is 1.74. The SMILES string of the molecule is O=C(Nc1ccc(-n2ccnc2)cc1)c1cnccn1. The molecule has 3 rings (SSSR count). The van der Waals surface area contributed by atoms with Crippen molar-refractivity contribution in [3.8, 4) is 5.69 Å². The Balaban J connectivity index is 1.74. The van der Waals surface area contributed by atoms with Crippen LogP contribution in [0.2, 0.25) is 0 Å². The van der Waals surface area contributed by atoms with Crippen molar-refractivity contribution in [2.45, 2.75) is 0 Å². The van der Waals surface area contributed by atoms with E-state index in [1.54, 1.807) is 12.5 Å². The largest absolute Gasteiger partial charge is 0.321 e. The van der Waals surface area contributed by atoms with Crippen LogP contribution in [0.5, 0.6) is 0 Å². The average Bonchev–Trinajstić information content (AvgIpc) is 3.03. The minimum atomic E-state index is -0.284. The molecule has 98 valence electrons. The maximum absolute atomic E-state index is 11.9. The number of carbonyl (C=O) groups is 1. The number of amides is 1. The molecule has 0 bridgehead atoms. The maximum Gasteiger partial charge on any atom is 0.275 e. The Morgan fingerprint density at radius 2 is 1.90 bits per heavy atom. The number of aromatic nitrogens is 4. The van der Waals surface area contributed by atoms with Crippen molar-refractivity contribution < 1.29 is 4.79 Å². The van der Waals surface area contributed by atoms with E-state index in [2.05, 4.69) is 20.3 Å². The first-order valence-corrected chi connectivity index (χ1v) is 5.99. The summed E-state index contributed by atoms with van der Waals surface area (Å²) in [6.07, 6.45) is 9.72. The smallest absolute Gasteiger partial charge is 0.275 e. The molecule has 0 unspecified atom stereocenters. The van der Waals surface area contributed by atoms with E-state index in [4.69, 9.17) is 0 Å². The van der Waals surface area contributed by atoms with Crippen molar-refractivity contribution in [3.05, 3.63) is 67.3 Å². The van der Waals surface area contributed by atoms with Gasteiger partial charge in [0.2, 0.25) is 0 Å². The summed E-state index contributed by atoms with van der Waals surface area (Å²) in [5, 5.41) is 2.76. The van der Waals surface area contributed by atoms with Crippen LogP contribution < -0.4 is 5.32 Å². The first kappa shape index (κ1) is 12.0. The summed E-state index contributed by atoms with van der Waals surface area (Å²) in [6.45, 7) is 0. The van der Waals surface area contributed by atoms with Gasteiger partial charge in [0.1, 0.15) is 5.69 Å². The molecule has 0 fully saturated rings. The molecule has 0 aliphatic carbocycles. The zero-order valence-corrected chi connectivity index (χ0v) is 10.5. The lowest BCUT2D eigenvalue weighted by Gasteiger charge is -2.06. The number of benzene rings is 1. The standard InChI is InChI=1S/C14H11N5O/c20-14(13-9-15-5-6-17-13)18-11-1-3-12(4-2-11)19-8-7-16-10-19/h1-10H,(H,18,20). The van der Waals surface area contributed by atoms with Gasteiger partial charge in [-0.1, -0.05) is 0 Å². The number of nitrogens with zero attached hydrogens (tertiary/aromatic N) is 4. The molecule has 0 radical (unpaired) electrons. The molecule has 0 aliphatic heterocycles. The van der Waals surface area contributed by atoms with Crippen LogP contribution in [0.4, 0.5) is 5.69 Å². The molecular weight excluding hydrogens is 254 g/mol. The molecule has 0 saturated carbocycles. The predicted octanol–water partition coefficient (Wildman–Crippen LogP) is 1.91. The normalized spacial score (nSPS) is 10.2. The first-order valence-electron chi connectivity index (χ1n) is 5.99. The van der Waals surface area contributed by atoms with Crippen LogP contribution in [-0.2, 0) is 0 Å². The van der Waals surface area contributed by atoms with Crippen molar-refractivity contribution in [2.24, 2.45) is 0 Å². The van der Waals surface area contributed by atoms with Gasteiger partial charge in [0.25, 0.3) is 5.91 Å². The second kappa shape index (κ2) is 5.31. The maximum atomic E-state index is 11.9. The summed E-state index contributed by atoms with van der Waals surface area (Å²) >= 11 is 0. The zero-order valence-electron chi connectivity index (χ0n) is 10.5. The summed E-state index contributed by atoms with van der Waals surface area (Å²) in [5.74, 6) is -0.284. The Hall–Kier alpha value is -3.02. The quantitative estimate of drug-likeness (QED) is 0.785. The Morgan fingerprint density at radius 1 is 1.05 bits per heavy atom. The molecule has 1 aromatic carbocycles. The van der Waals surface area contributed by atoms with E-state index < -0.39 is 0 Å². The molecule has 0 atom stereocenters. The van der Waals surface area contributed by atoms with E-state index in [0.29, 0.717) is 5.69 Å². The lowest BCUT2D eigenvalue weighted by atomic mass is 10.2. The molecule has 0 spiro atoms. The first-order chi connectivity index (χ1) is 9.83. The van der Waals surface area contributed by atoms with Gasteiger partial charge < -0.3 is 9.88 Å². The van der Waals surface area contributed by atoms with Crippen LogP contribution in [0, 0.1) is 0 Å². The van der Waals surface area contributed by atoms with Crippen LogP contribution in [-0.4, -0.2) is 25.4 Å². The van der Waals surface area contributed by atoms with Crippen LogP contribution in [0.3, 0.4) is 0 Å². The van der Waals surface area contributed by atoms with Gasteiger partial charge >= 0.3 is 0 Å². The fourth-order valence-corrected chi connectivity index (χ4v) is 1.74. The third-order valence-electron chi connectivity index (χ3n) is 2.72. The summed E-state index contributed by atoms with van der Waals surface area (Å²) < 4.78 is 1.88. The van der Waals surface area contributed by atoms with Gasteiger partial charge in [0, 0.05) is 36.2 Å². The minimum Gasteiger partial charge on any atom is -0.321 e. The summed E-state index contributed by atoms with van der Waals surface area (Å²) in [6, 6.07) is 7.44.